The molecule has 2 aromatic rings. The average molecular weight is 393 g/mol. The summed E-state index contributed by atoms with van der Waals surface area (Å²) in [6.45, 7) is 8.01. The average Bonchev–Trinajstić information content (AvgIpc) is 2.57. The van der Waals surface area contributed by atoms with E-state index in [9.17, 15) is 0 Å². The number of hydrogen-bond acceptors (Lipinski definition) is 2. The van der Waals surface area contributed by atoms with Gasteiger partial charge in [0.05, 0.1) is 13.2 Å². The second-order valence-electron chi connectivity index (χ2n) is 6.73. The first kappa shape index (κ1) is 19.1. The Labute approximate surface area is 154 Å². The highest BCUT2D eigenvalue weighted by Crippen LogP contribution is 2.30. The molecular weight excluding hydrogens is 364 g/mol. The number of benzene rings is 2. The second kappa shape index (κ2) is 9.93. The van der Waals surface area contributed by atoms with Crippen molar-refractivity contribution in [3.05, 3.63) is 35.9 Å². The Morgan fingerprint density at radius 2 is 1.75 bits per heavy atom. The van der Waals surface area contributed by atoms with Gasteiger partial charge in [-0.15, -0.1) is 0 Å². The molecule has 0 N–H and O–H groups in total. The van der Waals surface area contributed by atoms with Crippen LogP contribution >= 0.6 is 15.9 Å². The molecule has 0 spiro atoms. The van der Waals surface area contributed by atoms with Crippen LogP contribution in [0.3, 0.4) is 0 Å². The first-order chi connectivity index (χ1) is 11.6. The van der Waals surface area contributed by atoms with Crippen molar-refractivity contribution in [3.8, 4) is 11.5 Å². The lowest BCUT2D eigenvalue weighted by molar-refractivity contribution is 0.270. The van der Waals surface area contributed by atoms with E-state index in [0.717, 1.165) is 36.5 Å². The van der Waals surface area contributed by atoms with E-state index in [0.29, 0.717) is 5.92 Å². The summed E-state index contributed by atoms with van der Waals surface area (Å²) in [6, 6.07) is 10.5. The summed E-state index contributed by atoms with van der Waals surface area (Å²) in [4.78, 5) is 0. The molecule has 3 heteroatoms. The fraction of sp³-hybridized carbons (Fsp3) is 0.524. The molecule has 24 heavy (non-hydrogen) atoms. The maximum absolute atomic E-state index is 5.91. The molecule has 2 nitrogen and oxygen atoms in total. The largest absolute Gasteiger partial charge is 0.494 e. The standard InChI is InChI=1S/C21H29BrO2/c1-16(2)15-24-21-11-8-18-14-19(9-10-20(18)17(21)3)23-13-7-5-4-6-12-22/h8-11,14,16H,4-7,12-13,15H2,1-3H3. The Bertz CT molecular complexity index is 637. The Balaban J connectivity index is 1.97. The first-order valence-electron chi connectivity index (χ1n) is 8.96. The number of ether oxygens (including phenoxy) is 2. The predicted molar refractivity (Wildman–Crippen MR) is 107 cm³/mol. The highest BCUT2D eigenvalue weighted by molar-refractivity contribution is 9.09. The molecule has 0 atom stereocenters. The molecule has 0 heterocycles. The molecule has 0 saturated heterocycles. The topological polar surface area (TPSA) is 18.5 Å². The van der Waals surface area contributed by atoms with Gasteiger partial charge >= 0.3 is 0 Å². The van der Waals surface area contributed by atoms with Gasteiger partial charge < -0.3 is 9.47 Å². The lowest BCUT2D eigenvalue weighted by atomic mass is 10.0. The van der Waals surface area contributed by atoms with Crippen LogP contribution in [0.2, 0.25) is 0 Å². The molecule has 0 aliphatic rings. The normalized spacial score (nSPS) is 11.2. The van der Waals surface area contributed by atoms with Gasteiger partial charge in [0.1, 0.15) is 11.5 Å². The highest BCUT2D eigenvalue weighted by atomic mass is 79.9. The van der Waals surface area contributed by atoms with Gasteiger partial charge in [-0.25, -0.2) is 0 Å². The zero-order valence-electron chi connectivity index (χ0n) is 15.1. The SMILES string of the molecule is Cc1c(OCC(C)C)ccc2cc(OCCCCCCBr)ccc12. The van der Waals surface area contributed by atoms with E-state index in [2.05, 4.69) is 67.0 Å². The third kappa shape index (κ3) is 5.70. The number of rotatable bonds is 10. The van der Waals surface area contributed by atoms with Crippen LogP contribution in [0, 0.1) is 12.8 Å². The maximum atomic E-state index is 5.91. The smallest absolute Gasteiger partial charge is 0.122 e. The molecule has 2 rings (SSSR count). The van der Waals surface area contributed by atoms with Crippen molar-refractivity contribution < 1.29 is 9.47 Å². The van der Waals surface area contributed by atoms with Gasteiger partial charge in [-0.2, -0.15) is 0 Å². The summed E-state index contributed by atoms with van der Waals surface area (Å²) in [7, 11) is 0. The third-order valence-corrected chi connectivity index (χ3v) is 4.64. The van der Waals surface area contributed by atoms with Gasteiger partial charge in [-0.05, 0) is 60.2 Å². The van der Waals surface area contributed by atoms with Crippen molar-refractivity contribution >= 4 is 26.7 Å². The zero-order valence-corrected chi connectivity index (χ0v) is 16.7. The van der Waals surface area contributed by atoms with Gasteiger partial charge in [-0.1, -0.05) is 54.8 Å². The van der Waals surface area contributed by atoms with Gasteiger partial charge in [0.2, 0.25) is 0 Å². The Kier molecular flexibility index (Phi) is 7.90. The summed E-state index contributed by atoms with van der Waals surface area (Å²) < 4.78 is 11.8. The van der Waals surface area contributed by atoms with Crippen LogP contribution in [0.5, 0.6) is 11.5 Å². The minimum atomic E-state index is 0.533. The number of unbranched alkanes of at least 4 members (excludes halogenated alkanes) is 3. The first-order valence-corrected chi connectivity index (χ1v) is 10.1. The van der Waals surface area contributed by atoms with E-state index in [4.69, 9.17) is 9.47 Å². The number of aryl methyl sites for hydroxylation is 1. The summed E-state index contributed by atoms with van der Waals surface area (Å²) >= 11 is 3.47. The molecule has 132 valence electrons. The minimum Gasteiger partial charge on any atom is -0.494 e. The monoisotopic (exact) mass is 392 g/mol. The molecule has 0 fully saturated rings. The molecule has 0 unspecified atom stereocenters. The van der Waals surface area contributed by atoms with E-state index < -0.39 is 0 Å². The molecule has 0 aliphatic heterocycles. The quantitative estimate of drug-likeness (QED) is 0.338. The highest BCUT2D eigenvalue weighted by Gasteiger charge is 2.07. The molecule has 0 aromatic heterocycles. The molecule has 0 bridgehead atoms. The van der Waals surface area contributed by atoms with Crippen LogP contribution in [0.15, 0.2) is 30.3 Å². The van der Waals surface area contributed by atoms with Crippen LogP contribution in [-0.4, -0.2) is 18.5 Å². The maximum Gasteiger partial charge on any atom is 0.122 e. The summed E-state index contributed by atoms with van der Waals surface area (Å²) in [5, 5.41) is 3.54. The molecule has 0 saturated carbocycles. The zero-order chi connectivity index (χ0) is 17.4. The number of halogens is 1. The van der Waals surface area contributed by atoms with Crippen LogP contribution in [0.25, 0.3) is 10.8 Å². The summed E-state index contributed by atoms with van der Waals surface area (Å²) in [6.07, 6.45) is 4.86. The molecule has 0 aliphatic carbocycles. The van der Waals surface area contributed by atoms with E-state index in [-0.39, 0.29) is 0 Å². The second-order valence-corrected chi connectivity index (χ2v) is 7.52. The number of hydrogen-bond donors (Lipinski definition) is 0. The van der Waals surface area contributed by atoms with Crippen molar-refractivity contribution in [3.63, 3.8) is 0 Å². The van der Waals surface area contributed by atoms with Crippen molar-refractivity contribution in [2.75, 3.05) is 18.5 Å². The van der Waals surface area contributed by atoms with Crippen molar-refractivity contribution in [2.45, 2.75) is 46.5 Å². The fourth-order valence-electron chi connectivity index (χ4n) is 2.69. The number of fused-ring (bicyclic) bond motifs is 1. The van der Waals surface area contributed by atoms with E-state index in [1.54, 1.807) is 0 Å². The van der Waals surface area contributed by atoms with Crippen LogP contribution in [0.1, 0.15) is 45.1 Å². The fourth-order valence-corrected chi connectivity index (χ4v) is 3.08. The Hall–Kier alpha value is -1.22. The van der Waals surface area contributed by atoms with Crippen molar-refractivity contribution in [1.29, 1.82) is 0 Å². The van der Waals surface area contributed by atoms with Gasteiger partial charge in [-0.3, -0.25) is 0 Å². The van der Waals surface area contributed by atoms with Gasteiger partial charge in [0, 0.05) is 5.33 Å². The van der Waals surface area contributed by atoms with Gasteiger partial charge in [0.25, 0.3) is 0 Å². The van der Waals surface area contributed by atoms with Crippen LogP contribution in [-0.2, 0) is 0 Å². The molecule has 2 aromatic carbocycles. The van der Waals surface area contributed by atoms with Gasteiger partial charge in [0.15, 0.2) is 0 Å². The Morgan fingerprint density at radius 1 is 0.958 bits per heavy atom. The van der Waals surface area contributed by atoms with Crippen LogP contribution < -0.4 is 9.47 Å². The van der Waals surface area contributed by atoms with Crippen molar-refractivity contribution in [2.24, 2.45) is 5.92 Å². The number of alkyl halides is 1. The van der Waals surface area contributed by atoms with E-state index in [1.807, 2.05) is 0 Å². The molecular formula is C21H29BrO2. The van der Waals surface area contributed by atoms with E-state index in [1.165, 1.54) is 35.6 Å². The lowest BCUT2D eigenvalue weighted by Gasteiger charge is -2.14. The third-order valence-electron chi connectivity index (χ3n) is 4.08. The predicted octanol–water partition coefficient (Wildman–Crippen LogP) is 6.52. The summed E-state index contributed by atoms with van der Waals surface area (Å²) in [5.74, 6) is 2.47. The minimum absolute atomic E-state index is 0.533. The van der Waals surface area contributed by atoms with E-state index >= 15 is 0 Å². The molecule has 0 amide bonds. The van der Waals surface area contributed by atoms with Crippen LogP contribution in [0.4, 0.5) is 0 Å². The lowest BCUT2D eigenvalue weighted by Crippen LogP contribution is -2.05. The Morgan fingerprint density at radius 3 is 2.50 bits per heavy atom. The van der Waals surface area contributed by atoms with Crippen molar-refractivity contribution in [1.82, 2.24) is 0 Å². The summed E-state index contributed by atoms with van der Waals surface area (Å²) in [5.41, 5.74) is 1.20. The molecule has 0 radical (unpaired) electrons.